The lowest BCUT2D eigenvalue weighted by Crippen LogP contribution is -1.99. The van der Waals surface area contributed by atoms with Gasteiger partial charge in [0.05, 0.1) is 11.6 Å². The second-order valence-corrected chi connectivity index (χ2v) is 4.82. The quantitative estimate of drug-likeness (QED) is 0.662. The fourth-order valence-electron chi connectivity index (χ4n) is 1.84. The molecule has 0 aliphatic heterocycles. The van der Waals surface area contributed by atoms with Crippen LogP contribution in [0.5, 0.6) is 0 Å². The van der Waals surface area contributed by atoms with E-state index in [4.69, 9.17) is 11.6 Å². The van der Waals surface area contributed by atoms with Crippen LogP contribution in [-0.2, 0) is 5.88 Å². The lowest BCUT2D eigenvalue weighted by molar-refractivity contribution is 0.971. The lowest BCUT2D eigenvalue weighted by atomic mass is 10.3. The van der Waals surface area contributed by atoms with E-state index in [1.54, 1.807) is 11.3 Å². The van der Waals surface area contributed by atoms with Gasteiger partial charge in [-0.25, -0.2) is 9.97 Å². The van der Waals surface area contributed by atoms with Crippen molar-refractivity contribution >= 4 is 34.1 Å². The topological polar surface area (TPSA) is 30.7 Å². The van der Waals surface area contributed by atoms with Crippen LogP contribution in [0.25, 0.3) is 16.9 Å². The van der Waals surface area contributed by atoms with E-state index < -0.39 is 0 Å². The summed E-state index contributed by atoms with van der Waals surface area (Å²) in [5, 5.41) is 4.11. The van der Waals surface area contributed by atoms with E-state index in [0.29, 0.717) is 5.88 Å². The van der Waals surface area contributed by atoms with Crippen LogP contribution in [0.2, 0.25) is 0 Å². The zero-order valence-electron chi connectivity index (χ0n) is 9.22. The number of alkyl halides is 1. The molecule has 86 valence electrons. The molecule has 0 N–H and O–H groups in total. The van der Waals surface area contributed by atoms with Gasteiger partial charge in [-0.05, 0) is 30.5 Å². The standard InChI is InChI=1S/C12H10ClN3S/c1-8-2-3-10-12(14-8)16(11(6-13)15-10)9-4-5-17-7-9/h2-5,7H,6H2,1H3. The molecular formula is C12H10ClN3S. The maximum absolute atomic E-state index is 5.95. The summed E-state index contributed by atoms with van der Waals surface area (Å²) in [5.74, 6) is 1.21. The first-order chi connectivity index (χ1) is 8.29. The first-order valence-corrected chi connectivity index (χ1v) is 6.71. The van der Waals surface area contributed by atoms with E-state index in [0.717, 1.165) is 28.4 Å². The molecule has 0 spiro atoms. The van der Waals surface area contributed by atoms with Crippen LogP contribution >= 0.6 is 22.9 Å². The third-order valence-corrected chi connectivity index (χ3v) is 3.51. The molecular weight excluding hydrogens is 254 g/mol. The van der Waals surface area contributed by atoms with Crippen molar-refractivity contribution in [2.75, 3.05) is 0 Å². The molecule has 0 unspecified atom stereocenters. The van der Waals surface area contributed by atoms with E-state index in [-0.39, 0.29) is 0 Å². The van der Waals surface area contributed by atoms with Gasteiger partial charge in [-0.3, -0.25) is 4.57 Å². The maximum Gasteiger partial charge on any atom is 0.164 e. The Balaban J connectivity index is 2.37. The summed E-state index contributed by atoms with van der Waals surface area (Å²) in [4.78, 5) is 9.05. The van der Waals surface area contributed by atoms with Crippen molar-refractivity contribution in [2.45, 2.75) is 12.8 Å². The first kappa shape index (κ1) is 10.7. The molecule has 0 saturated heterocycles. The Labute approximate surface area is 108 Å². The Hall–Kier alpha value is -1.39. The predicted molar refractivity (Wildman–Crippen MR) is 71.0 cm³/mol. The Bertz CT molecular complexity index is 658. The van der Waals surface area contributed by atoms with Gasteiger partial charge in [-0.2, -0.15) is 11.3 Å². The third-order valence-electron chi connectivity index (χ3n) is 2.60. The van der Waals surface area contributed by atoms with Gasteiger partial charge in [-0.1, -0.05) is 0 Å². The smallest absolute Gasteiger partial charge is 0.164 e. The highest BCUT2D eigenvalue weighted by Crippen LogP contribution is 2.23. The molecule has 0 aliphatic rings. The third kappa shape index (κ3) is 1.73. The molecule has 0 bridgehead atoms. The van der Waals surface area contributed by atoms with Crippen molar-refractivity contribution in [3.8, 4) is 5.69 Å². The van der Waals surface area contributed by atoms with Crippen LogP contribution < -0.4 is 0 Å². The van der Waals surface area contributed by atoms with Crippen LogP contribution in [-0.4, -0.2) is 14.5 Å². The SMILES string of the molecule is Cc1ccc2nc(CCl)n(-c3ccsc3)c2n1. The predicted octanol–water partition coefficient (Wildman–Crippen LogP) is 3.53. The molecule has 3 aromatic heterocycles. The van der Waals surface area contributed by atoms with Crippen LogP contribution in [0.4, 0.5) is 0 Å². The molecule has 0 saturated carbocycles. The Morgan fingerprint density at radius 2 is 2.18 bits per heavy atom. The number of hydrogen-bond donors (Lipinski definition) is 0. The number of fused-ring (bicyclic) bond motifs is 1. The van der Waals surface area contributed by atoms with E-state index in [2.05, 4.69) is 15.3 Å². The van der Waals surface area contributed by atoms with Gasteiger partial charge in [-0.15, -0.1) is 11.6 Å². The summed E-state index contributed by atoms with van der Waals surface area (Å²) >= 11 is 7.60. The molecule has 3 aromatic rings. The second kappa shape index (κ2) is 4.13. The molecule has 0 amide bonds. The largest absolute Gasteiger partial charge is 0.279 e. The molecule has 0 atom stereocenters. The van der Waals surface area contributed by atoms with Gasteiger partial charge < -0.3 is 0 Å². The molecule has 17 heavy (non-hydrogen) atoms. The van der Waals surface area contributed by atoms with Crippen molar-refractivity contribution < 1.29 is 0 Å². The van der Waals surface area contributed by atoms with Gasteiger partial charge in [0, 0.05) is 11.1 Å². The number of nitrogens with zero attached hydrogens (tertiary/aromatic N) is 3. The number of aromatic nitrogens is 3. The highest BCUT2D eigenvalue weighted by atomic mass is 35.5. The molecule has 0 aliphatic carbocycles. The number of hydrogen-bond acceptors (Lipinski definition) is 3. The van der Waals surface area contributed by atoms with Gasteiger partial charge in [0.1, 0.15) is 11.3 Å². The van der Waals surface area contributed by atoms with Crippen molar-refractivity contribution in [3.05, 3.63) is 40.5 Å². The fraction of sp³-hybridized carbons (Fsp3) is 0.167. The number of imidazole rings is 1. The minimum absolute atomic E-state index is 0.380. The number of aryl methyl sites for hydroxylation is 1. The molecule has 3 rings (SSSR count). The molecule has 0 radical (unpaired) electrons. The Kier molecular flexibility index (Phi) is 2.61. The van der Waals surface area contributed by atoms with Crippen LogP contribution in [0.1, 0.15) is 11.5 Å². The van der Waals surface area contributed by atoms with Gasteiger partial charge in [0.2, 0.25) is 0 Å². The molecule has 3 heterocycles. The second-order valence-electron chi connectivity index (χ2n) is 3.77. The highest BCUT2D eigenvalue weighted by Gasteiger charge is 2.13. The van der Waals surface area contributed by atoms with Gasteiger partial charge >= 0.3 is 0 Å². The molecule has 0 aromatic carbocycles. The van der Waals surface area contributed by atoms with Crippen molar-refractivity contribution in [1.29, 1.82) is 0 Å². The molecule has 3 nitrogen and oxygen atoms in total. The average molecular weight is 264 g/mol. The summed E-state index contributed by atoms with van der Waals surface area (Å²) in [6.07, 6.45) is 0. The normalized spacial score (nSPS) is 11.2. The highest BCUT2D eigenvalue weighted by molar-refractivity contribution is 7.08. The van der Waals surface area contributed by atoms with Gasteiger partial charge in [0.15, 0.2) is 5.65 Å². The zero-order chi connectivity index (χ0) is 11.8. The monoisotopic (exact) mass is 263 g/mol. The maximum atomic E-state index is 5.95. The Morgan fingerprint density at radius 1 is 1.29 bits per heavy atom. The average Bonchev–Trinajstić information content (AvgIpc) is 2.93. The lowest BCUT2D eigenvalue weighted by Gasteiger charge is -2.03. The van der Waals surface area contributed by atoms with Crippen molar-refractivity contribution in [2.24, 2.45) is 0 Å². The molecule has 5 heteroatoms. The summed E-state index contributed by atoms with van der Waals surface area (Å²) in [5.41, 5.74) is 3.82. The summed E-state index contributed by atoms with van der Waals surface area (Å²) in [6.45, 7) is 1.98. The molecule has 0 fully saturated rings. The number of halogens is 1. The first-order valence-electron chi connectivity index (χ1n) is 5.23. The number of rotatable bonds is 2. The van der Waals surface area contributed by atoms with E-state index in [9.17, 15) is 0 Å². The van der Waals surface area contributed by atoms with Gasteiger partial charge in [0.25, 0.3) is 0 Å². The summed E-state index contributed by atoms with van der Waals surface area (Å²) in [7, 11) is 0. The van der Waals surface area contributed by atoms with Crippen LogP contribution in [0, 0.1) is 6.92 Å². The van der Waals surface area contributed by atoms with Crippen LogP contribution in [0.3, 0.4) is 0 Å². The number of pyridine rings is 1. The zero-order valence-corrected chi connectivity index (χ0v) is 10.8. The minimum Gasteiger partial charge on any atom is -0.279 e. The van der Waals surface area contributed by atoms with E-state index >= 15 is 0 Å². The van der Waals surface area contributed by atoms with Crippen LogP contribution in [0.15, 0.2) is 29.0 Å². The van der Waals surface area contributed by atoms with E-state index in [1.807, 2.05) is 35.1 Å². The Morgan fingerprint density at radius 3 is 2.88 bits per heavy atom. The van der Waals surface area contributed by atoms with E-state index in [1.165, 1.54) is 0 Å². The van der Waals surface area contributed by atoms with Crippen molar-refractivity contribution in [1.82, 2.24) is 14.5 Å². The minimum atomic E-state index is 0.380. The summed E-state index contributed by atoms with van der Waals surface area (Å²) < 4.78 is 2.02. The number of thiophene rings is 1. The van der Waals surface area contributed by atoms with Crippen molar-refractivity contribution in [3.63, 3.8) is 0 Å². The summed E-state index contributed by atoms with van der Waals surface area (Å²) in [6, 6.07) is 5.99. The fourth-order valence-corrected chi connectivity index (χ4v) is 2.64.